The topological polar surface area (TPSA) is 37.3 Å². The van der Waals surface area contributed by atoms with Gasteiger partial charge in [0.2, 0.25) is 0 Å². The molecule has 4 heteroatoms. The molecule has 104 valence electrons. The number of halogens is 1. The summed E-state index contributed by atoms with van der Waals surface area (Å²) in [7, 11) is 0. The highest BCUT2D eigenvalue weighted by Gasteiger charge is 2.20. The van der Waals surface area contributed by atoms with Crippen LogP contribution < -0.4 is 0 Å². The maximum atomic E-state index is 11.5. The quantitative estimate of drug-likeness (QED) is 0.830. The highest BCUT2D eigenvalue weighted by molar-refractivity contribution is 8.00. The lowest BCUT2D eigenvalue weighted by Gasteiger charge is -2.14. The molecule has 2 rings (SSSR count). The van der Waals surface area contributed by atoms with Gasteiger partial charge in [-0.05, 0) is 42.7 Å². The monoisotopic (exact) mass is 306 g/mol. The Hall–Kier alpha value is -1.45. The Balaban J connectivity index is 2.18. The minimum atomic E-state index is -0.807. The summed E-state index contributed by atoms with van der Waals surface area (Å²) in [6.45, 7) is 1.92. The van der Waals surface area contributed by atoms with E-state index < -0.39 is 11.2 Å². The Morgan fingerprint density at radius 2 is 1.90 bits per heavy atom. The van der Waals surface area contributed by atoms with Crippen molar-refractivity contribution in [3.8, 4) is 0 Å². The van der Waals surface area contributed by atoms with Gasteiger partial charge in [-0.2, -0.15) is 0 Å². The molecule has 1 N–H and O–H groups in total. The van der Waals surface area contributed by atoms with E-state index in [4.69, 9.17) is 11.6 Å². The summed E-state index contributed by atoms with van der Waals surface area (Å²) in [6, 6.07) is 15.2. The van der Waals surface area contributed by atoms with Gasteiger partial charge in [0.05, 0.1) is 0 Å². The number of carboxylic acid groups (broad SMARTS) is 1. The molecule has 0 aliphatic carbocycles. The molecule has 2 nitrogen and oxygen atoms in total. The summed E-state index contributed by atoms with van der Waals surface area (Å²) < 4.78 is 0. The van der Waals surface area contributed by atoms with Gasteiger partial charge in [0.25, 0.3) is 0 Å². The van der Waals surface area contributed by atoms with Crippen molar-refractivity contribution in [2.24, 2.45) is 0 Å². The predicted octanol–water partition coefficient (Wildman–Crippen LogP) is 4.44. The molecule has 0 fully saturated rings. The van der Waals surface area contributed by atoms with Crippen molar-refractivity contribution in [1.82, 2.24) is 0 Å². The second kappa shape index (κ2) is 6.82. The van der Waals surface area contributed by atoms with Gasteiger partial charge in [0.15, 0.2) is 0 Å². The molecule has 0 spiro atoms. The fourth-order valence-corrected chi connectivity index (χ4v) is 3.12. The zero-order valence-electron chi connectivity index (χ0n) is 11.0. The van der Waals surface area contributed by atoms with E-state index in [1.54, 1.807) is 0 Å². The molecule has 0 aliphatic heterocycles. The van der Waals surface area contributed by atoms with E-state index in [9.17, 15) is 9.90 Å². The van der Waals surface area contributed by atoms with Crippen LogP contribution in [-0.2, 0) is 11.2 Å². The molecule has 20 heavy (non-hydrogen) atoms. The van der Waals surface area contributed by atoms with E-state index in [0.717, 1.165) is 16.0 Å². The van der Waals surface area contributed by atoms with Gasteiger partial charge in [0.1, 0.15) is 5.25 Å². The second-order valence-electron chi connectivity index (χ2n) is 4.49. The van der Waals surface area contributed by atoms with Gasteiger partial charge in [-0.1, -0.05) is 41.9 Å². The van der Waals surface area contributed by atoms with Crippen molar-refractivity contribution in [1.29, 1.82) is 0 Å². The molecule has 0 saturated heterocycles. The summed E-state index contributed by atoms with van der Waals surface area (Å²) in [6.07, 6.45) is 0.460. The first-order chi connectivity index (χ1) is 9.58. The molecule has 0 unspecified atom stereocenters. The first-order valence-corrected chi connectivity index (χ1v) is 7.52. The van der Waals surface area contributed by atoms with E-state index in [1.807, 2.05) is 55.5 Å². The Morgan fingerprint density at radius 3 is 2.55 bits per heavy atom. The molecule has 0 aliphatic rings. The van der Waals surface area contributed by atoms with Crippen molar-refractivity contribution in [3.63, 3.8) is 0 Å². The van der Waals surface area contributed by atoms with Crippen LogP contribution in [0.5, 0.6) is 0 Å². The number of hydrogen-bond donors (Lipinski definition) is 1. The first kappa shape index (κ1) is 14.9. The molecule has 0 amide bonds. The highest BCUT2D eigenvalue weighted by atomic mass is 35.5. The number of thioether (sulfide) groups is 1. The van der Waals surface area contributed by atoms with Crippen LogP contribution in [0.25, 0.3) is 0 Å². The molecule has 0 heterocycles. The van der Waals surface area contributed by atoms with Crippen LogP contribution in [0.4, 0.5) is 0 Å². The van der Waals surface area contributed by atoms with Gasteiger partial charge in [-0.25, -0.2) is 0 Å². The van der Waals surface area contributed by atoms with Crippen LogP contribution in [0.2, 0.25) is 5.02 Å². The molecule has 2 aromatic rings. The number of benzene rings is 2. The van der Waals surface area contributed by atoms with Crippen molar-refractivity contribution < 1.29 is 9.90 Å². The van der Waals surface area contributed by atoms with E-state index >= 15 is 0 Å². The van der Waals surface area contributed by atoms with Crippen molar-refractivity contribution in [2.45, 2.75) is 23.5 Å². The van der Waals surface area contributed by atoms with Gasteiger partial charge >= 0.3 is 5.97 Å². The Kier molecular flexibility index (Phi) is 5.10. The maximum absolute atomic E-state index is 11.5. The third-order valence-corrected chi connectivity index (χ3v) is 4.69. The van der Waals surface area contributed by atoms with Crippen LogP contribution in [0.1, 0.15) is 11.1 Å². The number of hydrogen-bond acceptors (Lipinski definition) is 2. The zero-order chi connectivity index (χ0) is 14.5. The minimum absolute atomic E-state index is 0.460. The van der Waals surface area contributed by atoms with Gasteiger partial charge < -0.3 is 5.11 Å². The SMILES string of the molecule is Cc1c(Cl)cccc1C[C@H](Sc1ccccc1)C(=O)O. The predicted molar refractivity (Wildman–Crippen MR) is 83.6 cm³/mol. The summed E-state index contributed by atoms with van der Waals surface area (Å²) in [5, 5.41) is 9.56. The van der Waals surface area contributed by atoms with E-state index in [-0.39, 0.29) is 0 Å². The first-order valence-electron chi connectivity index (χ1n) is 6.26. The third-order valence-electron chi connectivity index (χ3n) is 3.08. The zero-order valence-corrected chi connectivity index (χ0v) is 12.6. The lowest BCUT2D eigenvalue weighted by Crippen LogP contribution is -2.19. The van der Waals surface area contributed by atoms with Gasteiger partial charge in [-0.15, -0.1) is 11.8 Å². The van der Waals surface area contributed by atoms with Crippen molar-refractivity contribution in [2.75, 3.05) is 0 Å². The minimum Gasteiger partial charge on any atom is -0.480 e. The van der Waals surface area contributed by atoms with Crippen molar-refractivity contribution >= 4 is 29.3 Å². The van der Waals surface area contributed by atoms with Crippen LogP contribution >= 0.6 is 23.4 Å². The fraction of sp³-hybridized carbons (Fsp3) is 0.188. The summed E-state index contributed by atoms with van der Waals surface area (Å²) in [4.78, 5) is 12.4. The molecular formula is C16H15ClO2S. The summed E-state index contributed by atoms with van der Waals surface area (Å²) in [5.74, 6) is -0.807. The van der Waals surface area contributed by atoms with E-state index in [0.29, 0.717) is 11.4 Å². The largest absolute Gasteiger partial charge is 0.480 e. The highest BCUT2D eigenvalue weighted by Crippen LogP contribution is 2.28. The number of carboxylic acids is 1. The Morgan fingerprint density at radius 1 is 1.20 bits per heavy atom. The van der Waals surface area contributed by atoms with Crippen LogP contribution in [0.3, 0.4) is 0 Å². The van der Waals surface area contributed by atoms with Gasteiger partial charge in [-0.3, -0.25) is 4.79 Å². The molecule has 0 bridgehead atoms. The van der Waals surface area contributed by atoms with Gasteiger partial charge in [0, 0.05) is 9.92 Å². The molecule has 0 saturated carbocycles. The normalized spacial score (nSPS) is 12.1. The van der Waals surface area contributed by atoms with Crippen LogP contribution in [-0.4, -0.2) is 16.3 Å². The lowest BCUT2D eigenvalue weighted by atomic mass is 10.0. The maximum Gasteiger partial charge on any atom is 0.317 e. The average molecular weight is 307 g/mol. The number of rotatable bonds is 5. The lowest BCUT2D eigenvalue weighted by molar-refractivity contribution is -0.136. The molecule has 0 radical (unpaired) electrons. The molecular weight excluding hydrogens is 292 g/mol. The third kappa shape index (κ3) is 3.78. The standard InChI is InChI=1S/C16H15ClO2S/c1-11-12(6-5-9-14(11)17)10-15(16(18)19)20-13-7-3-2-4-8-13/h2-9,15H,10H2,1H3,(H,18,19)/t15-/m0/s1. The average Bonchev–Trinajstić information content (AvgIpc) is 2.44. The van der Waals surface area contributed by atoms with Crippen LogP contribution in [0, 0.1) is 6.92 Å². The molecule has 1 atom stereocenters. The van der Waals surface area contributed by atoms with Crippen LogP contribution in [0.15, 0.2) is 53.4 Å². The molecule has 2 aromatic carbocycles. The smallest absolute Gasteiger partial charge is 0.317 e. The Bertz CT molecular complexity index is 599. The van der Waals surface area contributed by atoms with Crippen molar-refractivity contribution in [3.05, 3.63) is 64.7 Å². The Labute approximate surface area is 127 Å². The number of aliphatic carboxylic acids is 1. The summed E-state index contributed by atoms with van der Waals surface area (Å²) in [5.41, 5.74) is 1.93. The van der Waals surface area contributed by atoms with E-state index in [2.05, 4.69) is 0 Å². The number of carbonyl (C=O) groups is 1. The summed E-state index contributed by atoms with van der Waals surface area (Å²) >= 11 is 7.45. The van der Waals surface area contributed by atoms with E-state index in [1.165, 1.54) is 11.8 Å². The molecule has 0 aromatic heterocycles. The second-order valence-corrected chi connectivity index (χ2v) is 6.17. The fourth-order valence-electron chi connectivity index (χ4n) is 1.92.